The van der Waals surface area contributed by atoms with E-state index in [2.05, 4.69) is 0 Å². The van der Waals surface area contributed by atoms with E-state index >= 15 is 0 Å². The maximum atomic E-state index is 12.9. The van der Waals surface area contributed by atoms with E-state index in [0.29, 0.717) is 5.56 Å². The molecule has 0 amide bonds. The molecule has 0 unspecified atom stereocenters. The lowest BCUT2D eigenvalue weighted by molar-refractivity contribution is -0.384. The van der Waals surface area contributed by atoms with E-state index in [1.54, 1.807) is 20.8 Å². The van der Waals surface area contributed by atoms with Gasteiger partial charge in [-0.2, -0.15) is 0 Å². The fourth-order valence-corrected chi connectivity index (χ4v) is 2.81. The highest BCUT2D eigenvalue weighted by molar-refractivity contribution is 6.09. The second-order valence-corrected chi connectivity index (χ2v) is 7.11. The van der Waals surface area contributed by atoms with Crippen LogP contribution in [0, 0.1) is 17.0 Å². The third kappa shape index (κ3) is 4.11. The number of hydrogen-bond donors (Lipinski definition) is 1. The van der Waals surface area contributed by atoms with Gasteiger partial charge in [-0.3, -0.25) is 10.1 Å². The highest BCUT2D eigenvalue weighted by Gasteiger charge is 2.32. The molecule has 28 heavy (non-hydrogen) atoms. The Morgan fingerprint density at radius 1 is 1.11 bits per heavy atom. The SMILES string of the molecule is COC(=O)c1c(O)cc(C)c(C(=O)OC(C)(C)C)c1-c1ccccc1[N+](=O)[O-]. The van der Waals surface area contributed by atoms with Gasteiger partial charge in [0.15, 0.2) is 0 Å². The van der Waals surface area contributed by atoms with Crippen LogP contribution in [0.5, 0.6) is 5.75 Å². The van der Waals surface area contributed by atoms with E-state index in [1.165, 1.54) is 37.3 Å². The van der Waals surface area contributed by atoms with Crippen molar-refractivity contribution in [1.29, 1.82) is 0 Å². The van der Waals surface area contributed by atoms with Gasteiger partial charge >= 0.3 is 11.9 Å². The van der Waals surface area contributed by atoms with Crippen LogP contribution in [0.2, 0.25) is 0 Å². The Morgan fingerprint density at radius 3 is 2.25 bits per heavy atom. The van der Waals surface area contributed by atoms with E-state index in [0.717, 1.165) is 7.11 Å². The molecule has 8 nitrogen and oxygen atoms in total. The van der Waals surface area contributed by atoms with Gasteiger partial charge in [0.1, 0.15) is 16.9 Å². The summed E-state index contributed by atoms with van der Waals surface area (Å²) in [5.74, 6) is -2.16. The number of methoxy groups -OCH3 is 1. The number of aryl methyl sites for hydroxylation is 1. The van der Waals surface area contributed by atoms with Crippen LogP contribution in [0.15, 0.2) is 30.3 Å². The van der Waals surface area contributed by atoms with Crippen LogP contribution >= 0.6 is 0 Å². The van der Waals surface area contributed by atoms with Gasteiger partial charge in [0.05, 0.1) is 23.2 Å². The molecule has 0 bridgehead atoms. The van der Waals surface area contributed by atoms with E-state index < -0.39 is 28.2 Å². The highest BCUT2D eigenvalue weighted by atomic mass is 16.6. The number of aromatic hydroxyl groups is 1. The summed E-state index contributed by atoms with van der Waals surface area (Å²) in [4.78, 5) is 36.2. The zero-order valence-electron chi connectivity index (χ0n) is 16.2. The summed E-state index contributed by atoms with van der Waals surface area (Å²) in [7, 11) is 1.11. The first-order valence-corrected chi connectivity index (χ1v) is 8.40. The van der Waals surface area contributed by atoms with Crippen molar-refractivity contribution in [2.45, 2.75) is 33.3 Å². The number of ether oxygens (including phenoxy) is 2. The Bertz CT molecular complexity index is 958. The Morgan fingerprint density at radius 2 is 1.71 bits per heavy atom. The molecule has 2 aromatic carbocycles. The molecule has 8 heteroatoms. The lowest BCUT2D eigenvalue weighted by Crippen LogP contribution is -2.25. The molecule has 0 radical (unpaired) electrons. The highest BCUT2D eigenvalue weighted by Crippen LogP contribution is 2.41. The summed E-state index contributed by atoms with van der Waals surface area (Å²) < 4.78 is 10.2. The van der Waals surface area contributed by atoms with Crippen molar-refractivity contribution < 1.29 is 29.1 Å². The minimum atomic E-state index is -0.935. The molecule has 0 spiro atoms. The van der Waals surface area contributed by atoms with Crippen LogP contribution in [0.3, 0.4) is 0 Å². The van der Waals surface area contributed by atoms with Crippen molar-refractivity contribution >= 4 is 17.6 Å². The topological polar surface area (TPSA) is 116 Å². The van der Waals surface area contributed by atoms with Crippen LogP contribution in [0.25, 0.3) is 11.1 Å². The van der Waals surface area contributed by atoms with Gasteiger partial charge in [-0.25, -0.2) is 9.59 Å². The van der Waals surface area contributed by atoms with E-state index in [9.17, 15) is 24.8 Å². The number of esters is 2. The molecule has 2 rings (SSSR count). The average Bonchev–Trinajstić information content (AvgIpc) is 2.58. The fourth-order valence-electron chi connectivity index (χ4n) is 2.81. The summed E-state index contributed by atoms with van der Waals surface area (Å²) in [5.41, 5.74) is -1.38. The average molecular weight is 387 g/mol. The Kier molecular flexibility index (Phi) is 5.72. The van der Waals surface area contributed by atoms with Crippen LogP contribution in [0.4, 0.5) is 5.69 Å². The summed E-state index contributed by atoms with van der Waals surface area (Å²) >= 11 is 0. The largest absolute Gasteiger partial charge is 0.507 e. The molecule has 0 aliphatic heterocycles. The van der Waals surface area contributed by atoms with Crippen molar-refractivity contribution in [2.24, 2.45) is 0 Å². The molecule has 2 aromatic rings. The molecule has 0 fully saturated rings. The monoisotopic (exact) mass is 387 g/mol. The lowest BCUT2D eigenvalue weighted by Gasteiger charge is -2.23. The van der Waals surface area contributed by atoms with E-state index in [-0.39, 0.29) is 27.9 Å². The number of rotatable bonds is 4. The normalized spacial score (nSPS) is 11.0. The van der Waals surface area contributed by atoms with Crippen molar-refractivity contribution in [3.05, 3.63) is 57.1 Å². The van der Waals surface area contributed by atoms with Gasteiger partial charge in [0, 0.05) is 11.6 Å². The maximum absolute atomic E-state index is 12.9. The third-order valence-corrected chi connectivity index (χ3v) is 3.87. The predicted molar refractivity (Wildman–Crippen MR) is 101 cm³/mol. The molecule has 1 N–H and O–H groups in total. The van der Waals surface area contributed by atoms with Gasteiger partial charge in [0.2, 0.25) is 0 Å². The fraction of sp³-hybridized carbons (Fsp3) is 0.300. The summed E-state index contributed by atoms with van der Waals surface area (Å²) in [5, 5.41) is 21.9. The molecule has 0 aromatic heterocycles. The van der Waals surface area contributed by atoms with Crippen molar-refractivity contribution in [3.63, 3.8) is 0 Å². The molecule has 0 saturated carbocycles. The summed E-state index contributed by atoms with van der Waals surface area (Å²) in [6.45, 7) is 6.56. The number of nitro groups is 1. The number of hydrogen-bond acceptors (Lipinski definition) is 7. The van der Waals surface area contributed by atoms with Gasteiger partial charge in [0.25, 0.3) is 5.69 Å². The second-order valence-electron chi connectivity index (χ2n) is 7.11. The third-order valence-electron chi connectivity index (χ3n) is 3.87. The minimum absolute atomic E-state index is 0.00670. The number of para-hydroxylation sites is 1. The van der Waals surface area contributed by atoms with Crippen molar-refractivity contribution in [3.8, 4) is 16.9 Å². The van der Waals surface area contributed by atoms with Crippen molar-refractivity contribution in [2.75, 3.05) is 7.11 Å². The number of phenols is 1. The number of nitro benzene ring substituents is 1. The lowest BCUT2D eigenvalue weighted by atomic mass is 9.89. The number of benzene rings is 2. The smallest absolute Gasteiger partial charge is 0.342 e. The number of carbonyl (C=O) groups excluding carboxylic acids is 2. The first-order chi connectivity index (χ1) is 13.0. The van der Waals surface area contributed by atoms with Gasteiger partial charge in [-0.15, -0.1) is 0 Å². The number of nitrogens with zero attached hydrogens (tertiary/aromatic N) is 1. The first-order valence-electron chi connectivity index (χ1n) is 8.40. The molecule has 0 aliphatic carbocycles. The molecular weight excluding hydrogens is 366 g/mol. The molecule has 0 atom stereocenters. The molecule has 0 heterocycles. The zero-order valence-corrected chi connectivity index (χ0v) is 16.2. The standard InChI is InChI=1S/C20H21NO7/c1-11-10-14(22)17(18(23)27-5)16(15(11)19(24)28-20(2,3)4)12-8-6-7-9-13(12)21(25)26/h6-10,22H,1-5H3. The number of carbonyl (C=O) groups is 2. The molecule has 148 valence electrons. The number of phenolic OH excluding ortho intramolecular Hbond substituents is 1. The van der Waals surface area contributed by atoms with E-state index in [1.807, 2.05) is 0 Å². The predicted octanol–water partition coefficient (Wildman–Crippen LogP) is 4.02. The summed E-state index contributed by atoms with van der Waals surface area (Å²) in [6.07, 6.45) is 0. The first kappa shape index (κ1) is 20.9. The zero-order chi connectivity index (χ0) is 21.2. The summed E-state index contributed by atoms with van der Waals surface area (Å²) in [6, 6.07) is 6.86. The Balaban J connectivity index is 2.97. The van der Waals surface area contributed by atoms with Crippen LogP contribution in [-0.2, 0) is 9.47 Å². The Labute approximate surface area is 161 Å². The minimum Gasteiger partial charge on any atom is -0.507 e. The van der Waals surface area contributed by atoms with Gasteiger partial charge < -0.3 is 14.6 Å². The molecular formula is C20H21NO7. The van der Waals surface area contributed by atoms with Crippen LogP contribution in [0.1, 0.15) is 47.1 Å². The van der Waals surface area contributed by atoms with Crippen LogP contribution in [-0.4, -0.2) is 34.7 Å². The molecule has 0 aliphatic rings. The van der Waals surface area contributed by atoms with Gasteiger partial charge in [-0.1, -0.05) is 12.1 Å². The maximum Gasteiger partial charge on any atom is 0.342 e. The van der Waals surface area contributed by atoms with Gasteiger partial charge in [-0.05, 0) is 45.4 Å². The van der Waals surface area contributed by atoms with Crippen molar-refractivity contribution in [1.82, 2.24) is 0 Å². The Hall–Kier alpha value is -3.42. The second kappa shape index (κ2) is 7.67. The van der Waals surface area contributed by atoms with Crippen LogP contribution < -0.4 is 0 Å². The molecule has 0 saturated heterocycles. The van der Waals surface area contributed by atoms with E-state index in [4.69, 9.17) is 9.47 Å². The quantitative estimate of drug-likeness (QED) is 0.478.